The summed E-state index contributed by atoms with van der Waals surface area (Å²) in [5.41, 5.74) is 2.31. The van der Waals surface area contributed by atoms with Crippen molar-refractivity contribution >= 4 is 22.4 Å². The number of aliphatic hydroxyl groups is 1. The summed E-state index contributed by atoms with van der Waals surface area (Å²) in [6, 6.07) is 14.2. The van der Waals surface area contributed by atoms with E-state index in [1.807, 2.05) is 25.1 Å². The topological polar surface area (TPSA) is 44.0 Å². The van der Waals surface area contributed by atoms with Gasteiger partial charge < -0.3 is 5.11 Å². The zero-order valence-corrected chi connectivity index (χ0v) is 11.6. The highest BCUT2D eigenvalue weighted by atomic mass is 35.5. The molecule has 0 aromatic heterocycles. The lowest BCUT2D eigenvalue weighted by atomic mass is 9.94. The van der Waals surface area contributed by atoms with E-state index in [9.17, 15) is 5.11 Å². The van der Waals surface area contributed by atoms with Crippen LogP contribution in [0.25, 0.3) is 10.8 Å². The number of aryl methyl sites for hydroxylation is 1. The van der Waals surface area contributed by atoms with Crippen LogP contribution in [0.5, 0.6) is 0 Å². The third kappa shape index (κ3) is 3.07. The van der Waals surface area contributed by atoms with Gasteiger partial charge in [0.2, 0.25) is 0 Å². The van der Waals surface area contributed by atoms with Crippen molar-refractivity contribution in [2.24, 2.45) is 0 Å². The Hall–Kier alpha value is -1.56. The zero-order chi connectivity index (χ0) is 13.8. The second-order valence-corrected chi connectivity index (χ2v) is 5.29. The van der Waals surface area contributed by atoms with Crippen LogP contribution in [0.1, 0.15) is 17.5 Å². The largest absolute Gasteiger partial charge is 0.391 e. The molecule has 0 fully saturated rings. The summed E-state index contributed by atoms with van der Waals surface area (Å²) in [5.74, 6) is 0. The van der Waals surface area contributed by atoms with E-state index in [1.165, 1.54) is 5.39 Å². The molecule has 19 heavy (non-hydrogen) atoms. The number of halogens is 1. The molecule has 2 rings (SSSR count). The molecule has 2 atom stereocenters. The first-order chi connectivity index (χ1) is 9.13. The Bertz CT molecular complexity index is 618. The maximum Gasteiger partial charge on any atom is 0.0836 e. The molecule has 0 aliphatic rings. The summed E-state index contributed by atoms with van der Waals surface area (Å²) >= 11 is 6.22. The number of nitriles is 1. The normalized spacial score (nSPS) is 14.0. The van der Waals surface area contributed by atoms with E-state index in [0.717, 1.165) is 16.5 Å². The third-order valence-corrected chi connectivity index (χ3v) is 3.84. The van der Waals surface area contributed by atoms with Crippen LogP contribution in [0, 0.1) is 18.3 Å². The third-order valence-electron chi connectivity index (χ3n) is 3.39. The monoisotopic (exact) mass is 273 g/mol. The van der Waals surface area contributed by atoms with Crippen LogP contribution in [-0.4, -0.2) is 16.6 Å². The summed E-state index contributed by atoms with van der Waals surface area (Å²) in [7, 11) is 0. The molecule has 0 aliphatic heterocycles. The molecule has 3 heteroatoms. The first kappa shape index (κ1) is 13.9. The van der Waals surface area contributed by atoms with E-state index < -0.39 is 11.5 Å². The van der Waals surface area contributed by atoms with Gasteiger partial charge in [-0.15, -0.1) is 11.6 Å². The number of hydrogen-bond donors (Lipinski definition) is 1. The summed E-state index contributed by atoms with van der Waals surface area (Å²) in [5, 5.41) is 20.3. The molecule has 0 saturated carbocycles. The molecule has 0 radical (unpaired) electrons. The van der Waals surface area contributed by atoms with Gasteiger partial charge in [0.05, 0.1) is 24.0 Å². The fourth-order valence-corrected chi connectivity index (χ4v) is 2.51. The van der Waals surface area contributed by atoms with Gasteiger partial charge in [-0.1, -0.05) is 36.4 Å². The minimum atomic E-state index is -0.787. The lowest BCUT2D eigenvalue weighted by Crippen LogP contribution is -2.22. The van der Waals surface area contributed by atoms with Crippen molar-refractivity contribution in [3.8, 4) is 6.07 Å². The molecule has 0 amide bonds. The lowest BCUT2D eigenvalue weighted by molar-refractivity contribution is 0.173. The van der Waals surface area contributed by atoms with Crippen LogP contribution >= 0.6 is 11.6 Å². The highest BCUT2D eigenvalue weighted by Crippen LogP contribution is 2.25. The predicted octanol–water partition coefficient (Wildman–Crippen LogP) is 3.57. The van der Waals surface area contributed by atoms with Gasteiger partial charge in [-0.25, -0.2) is 0 Å². The molecule has 0 heterocycles. The average molecular weight is 274 g/mol. The maximum absolute atomic E-state index is 9.79. The van der Waals surface area contributed by atoms with Crippen LogP contribution in [0.15, 0.2) is 36.4 Å². The molecule has 2 aromatic carbocycles. The highest BCUT2D eigenvalue weighted by molar-refractivity contribution is 6.21. The van der Waals surface area contributed by atoms with Crippen molar-refractivity contribution in [1.29, 1.82) is 5.26 Å². The fourth-order valence-electron chi connectivity index (χ4n) is 2.27. The van der Waals surface area contributed by atoms with Gasteiger partial charge in [-0.2, -0.15) is 5.26 Å². The molecule has 2 nitrogen and oxygen atoms in total. The first-order valence-corrected chi connectivity index (χ1v) is 6.73. The van der Waals surface area contributed by atoms with Gasteiger partial charge in [0.1, 0.15) is 0 Å². The molecular weight excluding hydrogens is 258 g/mol. The van der Waals surface area contributed by atoms with Gasteiger partial charge >= 0.3 is 0 Å². The Morgan fingerprint density at radius 2 is 2.00 bits per heavy atom. The predicted molar refractivity (Wildman–Crippen MR) is 78.3 cm³/mol. The van der Waals surface area contributed by atoms with Gasteiger partial charge in [0.15, 0.2) is 0 Å². The Morgan fingerprint density at radius 3 is 2.74 bits per heavy atom. The summed E-state index contributed by atoms with van der Waals surface area (Å²) in [6.07, 6.45) is -0.153. The second-order valence-electron chi connectivity index (χ2n) is 4.73. The van der Waals surface area contributed by atoms with Crippen molar-refractivity contribution in [1.82, 2.24) is 0 Å². The van der Waals surface area contributed by atoms with Gasteiger partial charge in [-0.05, 0) is 35.2 Å². The van der Waals surface area contributed by atoms with Gasteiger partial charge in [0, 0.05) is 0 Å². The van der Waals surface area contributed by atoms with Crippen LogP contribution < -0.4 is 0 Å². The van der Waals surface area contributed by atoms with E-state index in [1.54, 1.807) is 0 Å². The van der Waals surface area contributed by atoms with Crippen molar-refractivity contribution in [2.75, 3.05) is 0 Å². The van der Waals surface area contributed by atoms with Crippen molar-refractivity contribution in [3.63, 3.8) is 0 Å². The Kier molecular flexibility index (Phi) is 4.42. The van der Waals surface area contributed by atoms with Crippen molar-refractivity contribution < 1.29 is 5.11 Å². The van der Waals surface area contributed by atoms with Crippen LogP contribution in [0.2, 0.25) is 0 Å². The molecule has 0 aliphatic carbocycles. The average Bonchev–Trinajstić information content (AvgIpc) is 2.42. The zero-order valence-electron chi connectivity index (χ0n) is 10.8. The first-order valence-electron chi connectivity index (χ1n) is 6.29. The second kappa shape index (κ2) is 6.06. The number of alkyl halides is 1. The quantitative estimate of drug-likeness (QED) is 0.866. The molecular formula is C16H16ClNO. The molecule has 1 N–H and O–H groups in total. The number of fused-ring (bicyclic) bond motifs is 1. The van der Waals surface area contributed by atoms with E-state index >= 15 is 0 Å². The number of benzene rings is 2. The standard InChI is InChI=1S/C16H16ClNO/c1-11-6-7-12-4-2-3-5-13(12)14(11)10-15(17)16(19)8-9-18/h2-7,15-16,19H,8,10H2,1H3/t15-,16+/m1/s1. The van der Waals surface area contributed by atoms with Crippen molar-refractivity contribution in [2.45, 2.75) is 31.2 Å². The maximum atomic E-state index is 9.79. The smallest absolute Gasteiger partial charge is 0.0836 e. The molecule has 0 spiro atoms. The van der Waals surface area contributed by atoms with E-state index in [0.29, 0.717) is 6.42 Å². The SMILES string of the molecule is Cc1ccc2ccccc2c1C[C@@H](Cl)[C@@H](O)CC#N. The summed E-state index contributed by atoms with van der Waals surface area (Å²) < 4.78 is 0. The van der Waals surface area contributed by atoms with E-state index in [4.69, 9.17) is 16.9 Å². The molecule has 0 bridgehead atoms. The molecule has 0 saturated heterocycles. The van der Waals surface area contributed by atoms with Crippen LogP contribution in [0.3, 0.4) is 0 Å². The van der Waals surface area contributed by atoms with Crippen LogP contribution in [0.4, 0.5) is 0 Å². The van der Waals surface area contributed by atoms with Crippen molar-refractivity contribution in [3.05, 3.63) is 47.5 Å². The Balaban J connectivity index is 2.34. The Morgan fingerprint density at radius 1 is 1.26 bits per heavy atom. The molecule has 0 unspecified atom stereocenters. The fraction of sp³-hybridized carbons (Fsp3) is 0.312. The Labute approximate surface area is 118 Å². The lowest BCUT2D eigenvalue weighted by Gasteiger charge is -2.17. The summed E-state index contributed by atoms with van der Waals surface area (Å²) in [6.45, 7) is 2.04. The number of nitrogens with zero attached hydrogens (tertiary/aromatic N) is 1. The number of hydrogen-bond acceptors (Lipinski definition) is 2. The number of aliphatic hydroxyl groups excluding tert-OH is 1. The van der Waals surface area contributed by atoms with Gasteiger partial charge in [-0.3, -0.25) is 0 Å². The molecule has 2 aromatic rings. The highest BCUT2D eigenvalue weighted by Gasteiger charge is 2.18. The van der Waals surface area contributed by atoms with E-state index in [2.05, 4.69) is 24.3 Å². The van der Waals surface area contributed by atoms with E-state index in [-0.39, 0.29) is 6.42 Å². The number of rotatable bonds is 4. The summed E-state index contributed by atoms with van der Waals surface area (Å²) in [4.78, 5) is 0. The minimum absolute atomic E-state index is 0.0674. The van der Waals surface area contributed by atoms with Gasteiger partial charge in [0.25, 0.3) is 0 Å². The molecule has 98 valence electrons. The van der Waals surface area contributed by atoms with Crippen LogP contribution in [-0.2, 0) is 6.42 Å². The minimum Gasteiger partial charge on any atom is -0.391 e.